The number of nitrogens with one attached hydrogen (secondary N) is 1. The van der Waals surface area contributed by atoms with Crippen molar-refractivity contribution in [3.63, 3.8) is 0 Å². The van der Waals surface area contributed by atoms with Gasteiger partial charge in [0.05, 0.1) is 6.54 Å². The van der Waals surface area contributed by atoms with Gasteiger partial charge in [-0.15, -0.1) is 0 Å². The SMILES string of the molecule is CC[C@@H](Oc1ccccc1)C(=O)N(C)CC(=O)Nc1cccc(F)c1. The molecule has 25 heavy (non-hydrogen) atoms. The lowest BCUT2D eigenvalue weighted by Gasteiger charge is -2.23. The molecule has 0 radical (unpaired) electrons. The van der Waals surface area contributed by atoms with Gasteiger partial charge in [0.2, 0.25) is 5.91 Å². The van der Waals surface area contributed by atoms with Crippen molar-refractivity contribution in [2.75, 3.05) is 18.9 Å². The molecular formula is C19H21FN2O3. The molecule has 2 aromatic carbocycles. The third kappa shape index (κ3) is 5.60. The lowest BCUT2D eigenvalue weighted by atomic mass is 10.2. The number of anilines is 1. The molecule has 6 heteroatoms. The number of carbonyl (C=O) groups excluding carboxylic acids is 2. The topological polar surface area (TPSA) is 58.6 Å². The molecule has 0 saturated heterocycles. The molecule has 0 aromatic heterocycles. The Morgan fingerprint density at radius 2 is 1.88 bits per heavy atom. The quantitative estimate of drug-likeness (QED) is 0.840. The van der Waals surface area contributed by atoms with Crippen molar-refractivity contribution < 1.29 is 18.7 Å². The number of benzene rings is 2. The molecule has 2 aromatic rings. The van der Waals surface area contributed by atoms with Gasteiger partial charge in [0.25, 0.3) is 5.91 Å². The number of likely N-dealkylation sites (N-methyl/N-ethyl adjacent to an activating group) is 1. The Balaban J connectivity index is 1.92. The Bertz CT molecular complexity index is 722. The van der Waals surface area contributed by atoms with Crippen LogP contribution in [0.4, 0.5) is 10.1 Å². The van der Waals surface area contributed by atoms with Crippen molar-refractivity contribution >= 4 is 17.5 Å². The number of hydrogen-bond acceptors (Lipinski definition) is 3. The highest BCUT2D eigenvalue weighted by Crippen LogP contribution is 2.14. The summed E-state index contributed by atoms with van der Waals surface area (Å²) >= 11 is 0. The lowest BCUT2D eigenvalue weighted by molar-refractivity contribution is -0.139. The van der Waals surface area contributed by atoms with Crippen LogP contribution in [-0.2, 0) is 9.59 Å². The van der Waals surface area contributed by atoms with E-state index in [0.29, 0.717) is 17.9 Å². The summed E-state index contributed by atoms with van der Waals surface area (Å²) in [5, 5.41) is 2.56. The molecule has 0 bridgehead atoms. The first-order chi connectivity index (χ1) is 12.0. The van der Waals surface area contributed by atoms with E-state index in [1.54, 1.807) is 18.2 Å². The molecule has 132 valence electrons. The average molecular weight is 344 g/mol. The maximum absolute atomic E-state index is 13.1. The van der Waals surface area contributed by atoms with Crippen LogP contribution in [0.5, 0.6) is 5.75 Å². The fourth-order valence-electron chi connectivity index (χ4n) is 2.28. The lowest BCUT2D eigenvalue weighted by Crippen LogP contribution is -2.43. The van der Waals surface area contributed by atoms with E-state index < -0.39 is 17.8 Å². The molecule has 5 nitrogen and oxygen atoms in total. The van der Waals surface area contributed by atoms with E-state index in [0.717, 1.165) is 0 Å². The summed E-state index contributed by atoms with van der Waals surface area (Å²) < 4.78 is 18.8. The highest BCUT2D eigenvalue weighted by Gasteiger charge is 2.23. The summed E-state index contributed by atoms with van der Waals surface area (Å²) in [5.74, 6) is -0.540. The van der Waals surface area contributed by atoms with Gasteiger partial charge in [-0.2, -0.15) is 0 Å². The van der Waals surface area contributed by atoms with Crippen molar-refractivity contribution in [3.05, 3.63) is 60.4 Å². The minimum absolute atomic E-state index is 0.149. The fraction of sp³-hybridized carbons (Fsp3) is 0.263. The fourth-order valence-corrected chi connectivity index (χ4v) is 2.28. The van der Waals surface area contributed by atoms with Crippen molar-refractivity contribution in [1.82, 2.24) is 4.90 Å². The van der Waals surface area contributed by atoms with Gasteiger partial charge >= 0.3 is 0 Å². The average Bonchev–Trinajstić information content (AvgIpc) is 2.59. The van der Waals surface area contributed by atoms with Gasteiger partial charge in [-0.25, -0.2) is 4.39 Å². The number of rotatable bonds is 7. The maximum atomic E-state index is 13.1. The minimum Gasteiger partial charge on any atom is -0.481 e. The molecule has 0 aliphatic carbocycles. The molecule has 1 atom stereocenters. The van der Waals surface area contributed by atoms with Crippen molar-refractivity contribution in [2.45, 2.75) is 19.4 Å². The van der Waals surface area contributed by atoms with E-state index in [2.05, 4.69) is 5.32 Å². The predicted octanol–water partition coefficient (Wildman–Crippen LogP) is 3.08. The van der Waals surface area contributed by atoms with E-state index in [1.807, 2.05) is 25.1 Å². The number of nitrogens with zero attached hydrogens (tertiary/aromatic N) is 1. The molecule has 0 aliphatic heterocycles. The third-order valence-electron chi connectivity index (χ3n) is 3.53. The van der Waals surface area contributed by atoms with Crippen LogP contribution in [0.15, 0.2) is 54.6 Å². The van der Waals surface area contributed by atoms with Gasteiger partial charge in [-0.05, 0) is 36.8 Å². The Kier molecular flexibility index (Phi) is 6.51. The van der Waals surface area contributed by atoms with Gasteiger partial charge in [-0.1, -0.05) is 31.2 Å². The van der Waals surface area contributed by atoms with Gasteiger partial charge < -0.3 is 15.0 Å². The maximum Gasteiger partial charge on any atom is 0.263 e. The Hall–Kier alpha value is -2.89. The van der Waals surface area contributed by atoms with Crippen molar-refractivity contribution in [3.8, 4) is 5.75 Å². The van der Waals surface area contributed by atoms with Gasteiger partial charge in [0, 0.05) is 12.7 Å². The zero-order chi connectivity index (χ0) is 18.2. The van der Waals surface area contributed by atoms with Crippen LogP contribution in [0.3, 0.4) is 0 Å². The number of para-hydroxylation sites is 1. The molecule has 0 unspecified atom stereocenters. The van der Waals surface area contributed by atoms with Gasteiger partial charge in [0.15, 0.2) is 6.10 Å². The second-order valence-electron chi connectivity index (χ2n) is 5.58. The van der Waals surface area contributed by atoms with E-state index in [9.17, 15) is 14.0 Å². The largest absolute Gasteiger partial charge is 0.481 e. The molecule has 1 N–H and O–H groups in total. The molecule has 2 amide bonds. The molecule has 0 spiro atoms. The molecule has 0 saturated carbocycles. The first kappa shape index (κ1) is 18.4. The Morgan fingerprint density at radius 1 is 1.16 bits per heavy atom. The van der Waals surface area contributed by atoms with Crippen LogP contribution >= 0.6 is 0 Å². The van der Waals surface area contributed by atoms with E-state index in [-0.39, 0.29) is 12.5 Å². The van der Waals surface area contributed by atoms with E-state index in [4.69, 9.17) is 4.74 Å². The number of hydrogen-bond donors (Lipinski definition) is 1. The Morgan fingerprint density at radius 3 is 2.52 bits per heavy atom. The van der Waals surface area contributed by atoms with Crippen LogP contribution in [-0.4, -0.2) is 36.4 Å². The number of halogens is 1. The van der Waals surface area contributed by atoms with Crippen LogP contribution in [0, 0.1) is 5.82 Å². The van der Waals surface area contributed by atoms with Crippen LogP contribution in [0.25, 0.3) is 0 Å². The van der Waals surface area contributed by atoms with Gasteiger partial charge in [-0.3, -0.25) is 9.59 Å². The normalized spacial score (nSPS) is 11.5. The van der Waals surface area contributed by atoms with Crippen LogP contribution < -0.4 is 10.1 Å². The monoisotopic (exact) mass is 344 g/mol. The van der Waals surface area contributed by atoms with Crippen molar-refractivity contribution in [2.24, 2.45) is 0 Å². The van der Waals surface area contributed by atoms with E-state index in [1.165, 1.54) is 30.1 Å². The number of carbonyl (C=O) groups is 2. The summed E-state index contributed by atoms with van der Waals surface area (Å²) in [6.45, 7) is 1.69. The summed E-state index contributed by atoms with van der Waals surface area (Å²) in [6, 6.07) is 14.6. The second kappa shape index (κ2) is 8.82. The molecular weight excluding hydrogens is 323 g/mol. The zero-order valence-electron chi connectivity index (χ0n) is 14.2. The molecule has 0 fully saturated rings. The first-order valence-electron chi connectivity index (χ1n) is 8.01. The predicted molar refractivity (Wildman–Crippen MR) is 93.8 cm³/mol. The van der Waals surface area contributed by atoms with Crippen molar-refractivity contribution in [1.29, 1.82) is 0 Å². The smallest absolute Gasteiger partial charge is 0.263 e. The number of ether oxygens (including phenoxy) is 1. The Labute approximate surface area is 146 Å². The minimum atomic E-state index is -0.672. The third-order valence-corrected chi connectivity index (χ3v) is 3.53. The highest BCUT2D eigenvalue weighted by molar-refractivity contribution is 5.95. The molecule has 2 rings (SSSR count). The number of amides is 2. The summed E-state index contributed by atoms with van der Waals surface area (Å²) in [7, 11) is 1.53. The zero-order valence-corrected chi connectivity index (χ0v) is 14.2. The first-order valence-corrected chi connectivity index (χ1v) is 8.01. The molecule has 0 heterocycles. The summed E-state index contributed by atoms with van der Waals surface area (Å²) in [6.07, 6.45) is -0.196. The molecule has 0 aliphatic rings. The van der Waals surface area contributed by atoms with Crippen LogP contribution in [0.1, 0.15) is 13.3 Å². The summed E-state index contributed by atoms with van der Waals surface area (Å²) in [5.41, 5.74) is 0.346. The highest BCUT2D eigenvalue weighted by atomic mass is 19.1. The second-order valence-corrected chi connectivity index (χ2v) is 5.58. The van der Waals surface area contributed by atoms with E-state index >= 15 is 0 Å². The van der Waals surface area contributed by atoms with Crippen LogP contribution in [0.2, 0.25) is 0 Å². The standard InChI is InChI=1S/C19H21FN2O3/c1-3-17(25-16-10-5-4-6-11-16)19(24)22(2)13-18(23)21-15-9-7-8-14(20)12-15/h4-12,17H,3,13H2,1-2H3,(H,21,23)/t17-/m1/s1. The van der Waals surface area contributed by atoms with Gasteiger partial charge in [0.1, 0.15) is 11.6 Å². The summed E-state index contributed by atoms with van der Waals surface area (Å²) in [4.78, 5) is 25.8.